The summed E-state index contributed by atoms with van der Waals surface area (Å²) >= 11 is 0. The minimum atomic E-state index is -0.692. The summed E-state index contributed by atoms with van der Waals surface area (Å²) in [6.45, 7) is 4.33. The zero-order valence-corrected chi connectivity index (χ0v) is 10.9. The largest absolute Gasteiger partial charge is 0.481 e. The van der Waals surface area contributed by atoms with Gasteiger partial charge in [0.2, 0.25) is 0 Å². The third kappa shape index (κ3) is 3.25. The first-order valence-corrected chi connectivity index (χ1v) is 6.71. The lowest BCUT2D eigenvalue weighted by Gasteiger charge is -2.34. The first-order chi connectivity index (χ1) is 8.66. The van der Waals surface area contributed by atoms with Gasteiger partial charge in [-0.25, -0.2) is 0 Å². The highest BCUT2D eigenvalue weighted by Crippen LogP contribution is 2.29. The molecule has 0 fully saturated rings. The molecule has 0 saturated heterocycles. The predicted molar refractivity (Wildman–Crippen MR) is 73.0 cm³/mol. The lowest BCUT2D eigenvalue weighted by atomic mass is 9.94. The molecule has 3 heteroatoms. The second-order valence-corrected chi connectivity index (χ2v) is 5.23. The Kier molecular flexibility index (Phi) is 4.24. The van der Waals surface area contributed by atoms with Crippen LogP contribution in [-0.2, 0) is 11.2 Å². The third-order valence-corrected chi connectivity index (χ3v) is 3.50. The van der Waals surface area contributed by atoms with Crippen LogP contribution in [0.25, 0.3) is 0 Å². The van der Waals surface area contributed by atoms with Crippen molar-refractivity contribution in [2.45, 2.75) is 32.6 Å². The van der Waals surface area contributed by atoms with Crippen molar-refractivity contribution in [3.63, 3.8) is 0 Å². The minimum absolute atomic E-state index is 0.283. The van der Waals surface area contributed by atoms with Crippen LogP contribution in [0.15, 0.2) is 24.3 Å². The van der Waals surface area contributed by atoms with Gasteiger partial charge in [-0.2, -0.15) is 0 Å². The van der Waals surface area contributed by atoms with Crippen LogP contribution in [0.4, 0.5) is 5.69 Å². The number of rotatable bonds is 5. The molecule has 98 valence electrons. The molecule has 0 spiro atoms. The van der Waals surface area contributed by atoms with Crippen molar-refractivity contribution < 1.29 is 9.90 Å². The zero-order valence-electron chi connectivity index (χ0n) is 10.9. The number of hydrogen-bond acceptors (Lipinski definition) is 2. The normalized spacial score (nSPS) is 18.5. The second kappa shape index (κ2) is 5.89. The fraction of sp³-hybridized carbons (Fsp3) is 0.533. The average Bonchev–Trinajstić information content (AvgIpc) is 2.34. The molecule has 1 atom stereocenters. The van der Waals surface area contributed by atoms with Crippen molar-refractivity contribution in [1.29, 1.82) is 0 Å². The van der Waals surface area contributed by atoms with Gasteiger partial charge < -0.3 is 10.0 Å². The van der Waals surface area contributed by atoms with Crippen LogP contribution in [0.3, 0.4) is 0 Å². The van der Waals surface area contributed by atoms with Gasteiger partial charge in [0, 0.05) is 25.2 Å². The Bertz CT molecular complexity index is 417. The van der Waals surface area contributed by atoms with Crippen LogP contribution in [-0.4, -0.2) is 24.2 Å². The van der Waals surface area contributed by atoms with Gasteiger partial charge in [-0.15, -0.1) is 0 Å². The molecule has 1 unspecified atom stereocenters. The lowest BCUT2D eigenvalue weighted by Crippen LogP contribution is -2.35. The van der Waals surface area contributed by atoms with Crippen LogP contribution in [0, 0.1) is 5.92 Å². The Labute approximate surface area is 108 Å². The molecule has 1 aliphatic rings. The summed E-state index contributed by atoms with van der Waals surface area (Å²) in [5, 5.41) is 8.64. The van der Waals surface area contributed by atoms with Crippen LogP contribution < -0.4 is 4.90 Å². The lowest BCUT2D eigenvalue weighted by molar-refractivity contribution is -0.137. The Morgan fingerprint density at radius 2 is 2.17 bits per heavy atom. The van der Waals surface area contributed by atoms with E-state index in [0.29, 0.717) is 5.92 Å². The van der Waals surface area contributed by atoms with Crippen molar-refractivity contribution in [2.75, 3.05) is 18.0 Å². The fourth-order valence-electron chi connectivity index (χ4n) is 2.70. The van der Waals surface area contributed by atoms with Gasteiger partial charge in [-0.1, -0.05) is 25.1 Å². The maximum atomic E-state index is 10.5. The number of anilines is 1. The van der Waals surface area contributed by atoms with E-state index >= 15 is 0 Å². The fourth-order valence-corrected chi connectivity index (χ4v) is 2.70. The molecule has 1 aliphatic heterocycles. The molecule has 1 aromatic carbocycles. The number of aliphatic carboxylic acids is 1. The molecule has 2 rings (SSSR count). The molecule has 1 N–H and O–H groups in total. The molecular weight excluding hydrogens is 226 g/mol. The number of benzene rings is 1. The van der Waals surface area contributed by atoms with Gasteiger partial charge in [0.05, 0.1) is 0 Å². The monoisotopic (exact) mass is 247 g/mol. The summed E-state index contributed by atoms with van der Waals surface area (Å²) < 4.78 is 0. The third-order valence-electron chi connectivity index (χ3n) is 3.50. The summed E-state index contributed by atoms with van der Waals surface area (Å²) in [5.74, 6) is -0.0122. The smallest absolute Gasteiger partial charge is 0.303 e. The first-order valence-electron chi connectivity index (χ1n) is 6.71. The van der Waals surface area contributed by atoms with Gasteiger partial charge in [-0.05, 0) is 36.8 Å². The van der Waals surface area contributed by atoms with Crippen LogP contribution in [0.1, 0.15) is 31.7 Å². The van der Waals surface area contributed by atoms with Gasteiger partial charge in [0.15, 0.2) is 0 Å². The van der Waals surface area contributed by atoms with Gasteiger partial charge in [-0.3, -0.25) is 4.79 Å². The summed E-state index contributed by atoms with van der Waals surface area (Å²) in [4.78, 5) is 12.9. The van der Waals surface area contributed by atoms with Crippen molar-refractivity contribution in [3.8, 4) is 0 Å². The number of carboxylic acids is 1. The van der Waals surface area contributed by atoms with E-state index < -0.39 is 5.97 Å². The Morgan fingerprint density at radius 1 is 1.39 bits per heavy atom. The summed E-state index contributed by atoms with van der Waals surface area (Å²) in [7, 11) is 0. The van der Waals surface area contributed by atoms with E-state index in [1.54, 1.807) is 0 Å². The molecule has 3 nitrogen and oxygen atoms in total. The number of para-hydroxylation sites is 1. The molecule has 1 aromatic rings. The SMILES string of the molecule is CC1Cc2ccccc2N(CCCCC(=O)O)C1. The van der Waals surface area contributed by atoms with E-state index in [9.17, 15) is 4.79 Å². The molecule has 0 amide bonds. The zero-order chi connectivity index (χ0) is 13.0. The number of unbranched alkanes of at least 4 members (excludes halogenated alkanes) is 1. The summed E-state index contributed by atoms with van der Waals surface area (Å²) in [6.07, 6.45) is 3.16. The highest BCUT2D eigenvalue weighted by atomic mass is 16.4. The van der Waals surface area contributed by atoms with E-state index in [4.69, 9.17) is 5.11 Å². The van der Waals surface area contributed by atoms with Crippen molar-refractivity contribution in [3.05, 3.63) is 29.8 Å². The molecule has 0 aromatic heterocycles. The van der Waals surface area contributed by atoms with Crippen LogP contribution in [0.2, 0.25) is 0 Å². The molecule has 18 heavy (non-hydrogen) atoms. The predicted octanol–water partition coefficient (Wildman–Crippen LogP) is 2.94. The van der Waals surface area contributed by atoms with E-state index in [1.165, 1.54) is 11.3 Å². The molecule has 0 radical (unpaired) electrons. The van der Waals surface area contributed by atoms with Crippen LogP contribution >= 0.6 is 0 Å². The molecule has 0 aliphatic carbocycles. The van der Waals surface area contributed by atoms with E-state index in [0.717, 1.165) is 32.4 Å². The number of nitrogens with zero attached hydrogens (tertiary/aromatic N) is 1. The number of carbonyl (C=O) groups is 1. The summed E-state index contributed by atoms with van der Waals surface area (Å²) in [6, 6.07) is 8.56. The van der Waals surface area contributed by atoms with E-state index in [1.807, 2.05) is 0 Å². The summed E-state index contributed by atoms with van der Waals surface area (Å²) in [5.41, 5.74) is 2.76. The maximum Gasteiger partial charge on any atom is 0.303 e. The Balaban J connectivity index is 1.94. The second-order valence-electron chi connectivity index (χ2n) is 5.23. The van der Waals surface area contributed by atoms with Crippen molar-refractivity contribution in [2.24, 2.45) is 5.92 Å². The number of hydrogen-bond donors (Lipinski definition) is 1. The molecule has 1 heterocycles. The molecule has 0 saturated carbocycles. The first kappa shape index (κ1) is 12.9. The highest BCUT2D eigenvalue weighted by Gasteiger charge is 2.20. The topological polar surface area (TPSA) is 40.5 Å². The van der Waals surface area contributed by atoms with E-state index in [2.05, 4.69) is 36.1 Å². The van der Waals surface area contributed by atoms with Crippen LogP contribution in [0.5, 0.6) is 0 Å². The number of carboxylic acid groups (broad SMARTS) is 1. The minimum Gasteiger partial charge on any atom is -0.481 e. The van der Waals surface area contributed by atoms with Gasteiger partial charge in [0.1, 0.15) is 0 Å². The quantitative estimate of drug-likeness (QED) is 0.813. The number of fused-ring (bicyclic) bond motifs is 1. The van der Waals surface area contributed by atoms with Crippen molar-refractivity contribution >= 4 is 11.7 Å². The highest BCUT2D eigenvalue weighted by molar-refractivity contribution is 5.66. The Hall–Kier alpha value is -1.51. The molecule has 0 bridgehead atoms. The van der Waals surface area contributed by atoms with Gasteiger partial charge >= 0.3 is 5.97 Å². The maximum absolute atomic E-state index is 10.5. The Morgan fingerprint density at radius 3 is 2.94 bits per heavy atom. The van der Waals surface area contributed by atoms with Crippen molar-refractivity contribution in [1.82, 2.24) is 0 Å². The molecular formula is C15H21NO2. The standard InChI is InChI=1S/C15H21NO2/c1-12-10-13-6-2-3-7-14(13)16(11-12)9-5-4-8-15(17)18/h2-3,6-7,12H,4-5,8-11H2,1H3,(H,17,18). The average molecular weight is 247 g/mol. The van der Waals surface area contributed by atoms with E-state index in [-0.39, 0.29) is 6.42 Å². The van der Waals surface area contributed by atoms with Gasteiger partial charge in [0.25, 0.3) is 0 Å².